The zero-order valence-electron chi connectivity index (χ0n) is 10.2. The van der Waals surface area contributed by atoms with Crippen molar-refractivity contribution in [1.29, 1.82) is 0 Å². The van der Waals surface area contributed by atoms with Gasteiger partial charge < -0.3 is 5.32 Å². The molecular formula is C14H13ClN2O. The number of carbonyl (C=O) groups excluding carboxylic acids is 1. The fourth-order valence-corrected chi connectivity index (χ4v) is 1.75. The summed E-state index contributed by atoms with van der Waals surface area (Å²) in [6.45, 7) is 3.79. The van der Waals surface area contributed by atoms with E-state index in [4.69, 9.17) is 11.6 Å². The summed E-state index contributed by atoms with van der Waals surface area (Å²) in [7, 11) is 0. The Morgan fingerprint density at radius 2 is 2.00 bits per heavy atom. The molecule has 18 heavy (non-hydrogen) atoms. The van der Waals surface area contributed by atoms with Crippen molar-refractivity contribution >= 4 is 23.2 Å². The summed E-state index contributed by atoms with van der Waals surface area (Å²) in [4.78, 5) is 16.0. The summed E-state index contributed by atoms with van der Waals surface area (Å²) >= 11 is 6.01. The van der Waals surface area contributed by atoms with Gasteiger partial charge in [-0.3, -0.25) is 9.78 Å². The van der Waals surface area contributed by atoms with Gasteiger partial charge in [0.15, 0.2) is 0 Å². The minimum absolute atomic E-state index is 0.180. The van der Waals surface area contributed by atoms with Gasteiger partial charge in [-0.25, -0.2) is 0 Å². The standard InChI is InChI=1S/C14H13ClN2O/c1-9-5-6-16-8-12(9)14(18)17-11-4-3-10(2)13(15)7-11/h3-8H,1-2H3,(H,17,18). The van der Waals surface area contributed by atoms with Crippen molar-refractivity contribution in [2.75, 3.05) is 5.32 Å². The van der Waals surface area contributed by atoms with Crippen LogP contribution in [0.1, 0.15) is 21.5 Å². The lowest BCUT2D eigenvalue weighted by molar-refractivity contribution is 0.102. The second kappa shape index (κ2) is 5.19. The number of halogens is 1. The van der Waals surface area contributed by atoms with Crippen molar-refractivity contribution in [3.05, 3.63) is 58.4 Å². The number of aryl methyl sites for hydroxylation is 2. The molecule has 0 aliphatic carbocycles. The number of rotatable bonds is 2. The summed E-state index contributed by atoms with van der Waals surface area (Å²) in [5, 5.41) is 3.44. The van der Waals surface area contributed by atoms with Crippen molar-refractivity contribution in [3.63, 3.8) is 0 Å². The van der Waals surface area contributed by atoms with Crippen molar-refractivity contribution in [1.82, 2.24) is 4.98 Å². The summed E-state index contributed by atoms with van der Waals surface area (Å²) in [5.74, 6) is -0.180. The van der Waals surface area contributed by atoms with Crippen LogP contribution < -0.4 is 5.32 Å². The molecule has 0 radical (unpaired) electrons. The van der Waals surface area contributed by atoms with Crippen LogP contribution in [0.25, 0.3) is 0 Å². The maximum absolute atomic E-state index is 12.0. The minimum Gasteiger partial charge on any atom is -0.322 e. The molecule has 2 aromatic rings. The molecule has 0 unspecified atom stereocenters. The predicted molar refractivity (Wildman–Crippen MR) is 73.1 cm³/mol. The number of anilines is 1. The van der Waals surface area contributed by atoms with Gasteiger partial charge in [0.25, 0.3) is 5.91 Å². The van der Waals surface area contributed by atoms with Crippen LogP contribution in [0.15, 0.2) is 36.7 Å². The molecule has 0 aliphatic heterocycles. The average molecular weight is 261 g/mol. The minimum atomic E-state index is -0.180. The van der Waals surface area contributed by atoms with E-state index in [1.165, 1.54) is 0 Å². The molecule has 0 bridgehead atoms. The van der Waals surface area contributed by atoms with Gasteiger partial charge in [0.2, 0.25) is 0 Å². The topological polar surface area (TPSA) is 42.0 Å². The van der Waals surface area contributed by atoms with E-state index in [9.17, 15) is 4.79 Å². The van der Waals surface area contributed by atoms with Crippen molar-refractivity contribution in [2.45, 2.75) is 13.8 Å². The highest BCUT2D eigenvalue weighted by atomic mass is 35.5. The predicted octanol–water partition coefficient (Wildman–Crippen LogP) is 3.60. The van der Waals surface area contributed by atoms with Gasteiger partial charge >= 0.3 is 0 Å². The molecule has 2 rings (SSSR count). The lowest BCUT2D eigenvalue weighted by Crippen LogP contribution is -2.13. The van der Waals surface area contributed by atoms with Crippen molar-refractivity contribution in [3.8, 4) is 0 Å². The van der Waals surface area contributed by atoms with E-state index in [0.29, 0.717) is 16.3 Å². The smallest absolute Gasteiger partial charge is 0.257 e. The Bertz CT molecular complexity index is 596. The van der Waals surface area contributed by atoms with Crippen molar-refractivity contribution in [2.24, 2.45) is 0 Å². The molecule has 0 spiro atoms. The van der Waals surface area contributed by atoms with Gasteiger partial charge in [0, 0.05) is 23.1 Å². The SMILES string of the molecule is Cc1ccc(NC(=O)c2cnccc2C)cc1Cl. The highest BCUT2D eigenvalue weighted by Crippen LogP contribution is 2.20. The van der Waals surface area contributed by atoms with E-state index in [-0.39, 0.29) is 5.91 Å². The molecule has 0 saturated carbocycles. The molecule has 0 aliphatic rings. The second-order valence-corrected chi connectivity index (χ2v) is 4.52. The van der Waals surface area contributed by atoms with Crippen molar-refractivity contribution < 1.29 is 4.79 Å². The number of nitrogens with one attached hydrogen (secondary N) is 1. The fourth-order valence-electron chi connectivity index (χ4n) is 1.57. The van der Waals surface area contributed by atoms with E-state index < -0.39 is 0 Å². The number of aromatic nitrogens is 1. The quantitative estimate of drug-likeness (QED) is 0.896. The van der Waals surface area contributed by atoms with Crippen LogP contribution in [0.3, 0.4) is 0 Å². The Labute approximate surface area is 111 Å². The maximum atomic E-state index is 12.0. The Morgan fingerprint density at radius 3 is 2.67 bits per heavy atom. The average Bonchev–Trinajstić information content (AvgIpc) is 2.34. The maximum Gasteiger partial charge on any atom is 0.257 e. The Hall–Kier alpha value is -1.87. The number of carbonyl (C=O) groups is 1. The third kappa shape index (κ3) is 2.68. The molecule has 0 atom stereocenters. The molecular weight excluding hydrogens is 248 g/mol. The zero-order valence-corrected chi connectivity index (χ0v) is 11.0. The first-order valence-electron chi connectivity index (χ1n) is 5.56. The number of pyridine rings is 1. The van der Waals surface area contributed by atoms with E-state index in [1.54, 1.807) is 24.5 Å². The first-order valence-corrected chi connectivity index (χ1v) is 5.94. The molecule has 0 saturated heterocycles. The number of nitrogens with zero attached hydrogens (tertiary/aromatic N) is 1. The highest BCUT2D eigenvalue weighted by molar-refractivity contribution is 6.31. The number of hydrogen-bond acceptors (Lipinski definition) is 2. The van der Waals surface area contributed by atoms with Crippen LogP contribution in [-0.2, 0) is 0 Å². The molecule has 1 aromatic heterocycles. The van der Waals surface area contributed by atoms with Crippen LogP contribution in [0.2, 0.25) is 5.02 Å². The Balaban J connectivity index is 2.22. The van der Waals surface area contributed by atoms with E-state index in [2.05, 4.69) is 10.3 Å². The van der Waals surface area contributed by atoms with Gasteiger partial charge in [-0.2, -0.15) is 0 Å². The van der Waals surface area contributed by atoms with Gasteiger partial charge in [-0.15, -0.1) is 0 Å². The lowest BCUT2D eigenvalue weighted by Gasteiger charge is -2.08. The second-order valence-electron chi connectivity index (χ2n) is 4.11. The lowest BCUT2D eigenvalue weighted by atomic mass is 10.1. The third-order valence-electron chi connectivity index (χ3n) is 2.71. The number of hydrogen-bond donors (Lipinski definition) is 1. The molecule has 3 nitrogen and oxygen atoms in total. The number of benzene rings is 1. The largest absolute Gasteiger partial charge is 0.322 e. The van der Waals surface area contributed by atoms with Crippen LogP contribution in [0.5, 0.6) is 0 Å². The Kier molecular flexibility index (Phi) is 3.63. The molecule has 1 amide bonds. The molecule has 4 heteroatoms. The van der Waals surface area contributed by atoms with E-state index in [1.807, 2.05) is 26.0 Å². The van der Waals surface area contributed by atoms with Crippen LogP contribution in [0.4, 0.5) is 5.69 Å². The summed E-state index contributed by atoms with van der Waals surface area (Å²) in [6.07, 6.45) is 3.22. The van der Waals surface area contributed by atoms with Crippen LogP contribution in [0, 0.1) is 13.8 Å². The van der Waals surface area contributed by atoms with E-state index >= 15 is 0 Å². The molecule has 1 N–H and O–H groups in total. The molecule has 0 fully saturated rings. The normalized spacial score (nSPS) is 10.2. The van der Waals surface area contributed by atoms with Crippen LogP contribution in [-0.4, -0.2) is 10.9 Å². The molecule has 1 heterocycles. The monoisotopic (exact) mass is 260 g/mol. The van der Waals surface area contributed by atoms with E-state index in [0.717, 1.165) is 11.1 Å². The zero-order chi connectivity index (χ0) is 13.1. The Morgan fingerprint density at radius 1 is 1.22 bits per heavy atom. The summed E-state index contributed by atoms with van der Waals surface area (Å²) in [6, 6.07) is 7.23. The van der Waals surface area contributed by atoms with Gasteiger partial charge in [0.05, 0.1) is 5.56 Å². The van der Waals surface area contributed by atoms with Gasteiger partial charge in [0.1, 0.15) is 0 Å². The first-order chi connectivity index (χ1) is 8.58. The fraction of sp³-hybridized carbons (Fsp3) is 0.143. The highest BCUT2D eigenvalue weighted by Gasteiger charge is 2.09. The number of amides is 1. The summed E-state index contributed by atoms with van der Waals surface area (Å²) < 4.78 is 0. The van der Waals surface area contributed by atoms with Gasteiger partial charge in [-0.1, -0.05) is 17.7 Å². The molecule has 1 aromatic carbocycles. The summed E-state index contributed by atoms with van der Waals surface area (Å²) in [5.41, 5.74) is 3.11. The van der Waals surface area contributed by atoms with Crippen LogP contribution >= 0.6 is 11.6 Å². The third-order valence-corrected chi connectivity index (χ3v) is 3.12. The van der Waals surface area contributed by atoms with Gasteiger partial charge in [-0.05, 0) is 43.2 Å². The first kappa shape index (κ1) is 12.6. The molecule has 92 valence electrons.